The average Bonchev–Trinajstić information content (AvgIpc) is 2.00. The number of hydrogen-bond acceptors (Lipinski definition) is 4. The number of aliphatic hydroxyl groups is 1. The minimum absolute atomic E-state index is 0.270. The van der Waals surface area contributed by atoms with Crippen LogP contribution in [-0.2, 0) is 14.3 Å². The van der Waals surface area contributed by atoms with Crippen molar-refractivity contribution in [2.24, 2.45) is 0 Å². The Morgan fingerprint density at radius 3 is 2.50 bits per heavy atom. The molecule has 0 aliphatic heterocycles. The fourth-order valence-corrected chi connectivity index (χ4v) is 0.396. The van der Waals surface area contributed by atoms with Crippen LogP contribution in [0.2, 0.25) is 0 Å². The van der Waals surface area contributed by atoms with E-state index in [0.717, 1.165) is 6.08 Å². The topological polar surface area (TPSA) is 83.8 Å². The molecular formula is C7H10O5. The minimum Gasteiger partial charge on any atom is -0.478 e. The molecule has 0 saturated heterocycles. The van der Waals surface area contributed by atoms with Gasteiger partial charge < -0.3 is 14.9 Å². The molecule has 5 heteroatoms. The summed E-state index contributed by atoms with van der Waals surface area (Å²) in [5, 5.41) is 16.9. The zero-order chi connectivity index (χ0) is 9.56. The van der Waals surface area contributed by atoms with Gasteiger partial charge in [0.25, 0.3) is 0 Å². The number of ether oxygens (including phenoxy) is 1. The smallest absolute Gasteiger partial charge is 0.333 e. The third-order valence-corrected chi connectivity index (χ3v) is 0.963. The lowest BCUT2D eigenvalue weighted by molar-refractivity contribution is -0.162. The Labute approximate surface area is 69.3 Å². The molecule has 1 unspecified atom stereocenters. The molecule has 0 saturated carbocycles. The van der Waals surface area contributed by atoms with E-state index < -0.39 is 18.2 Å². The fourth-order valence-electron chi connectivity index (χ4n) is 0.396. The van der Waals surface area contributed by atoms with E-state index in [4.69, 9.17) is 10.2 Å². The Bertz CT molecular complexity index is 196. The van der Waals surface area contributed by atoms with Gasteiger partial charge in [-0.2, -0.15) is 0 Å². The number of aliphatic carboxylic acids is 1. The van der Waals surface area contributed by atoms with Gasteiger partial charge in [0, 0.05) is 18.6 Å². The molecule has 0 bridgehead atoms. The zero-order valence-corrected chi connectivity index (χ0v) is 6.56. The second kappa shape index (κ2) is 5.31. The summed E-state index contributed by atoms with van der Waals surface area (Å²) in [5.74, 6) is -2.11. The highest BCUT2D eigenvalue weighted by Crippen LogP contribution is 1.93. The third kappa shape index (κ3) is 5.43. The summed E-state index contributed by atoms with van der Waals surface area (Å²) in [6, 6.07) is 0. The number of hydrogen-bond donors (Lipinski definition) is 2. The molecule has 1 atom stereocenters. The lowest BCUT2D eigenvalue weighted by Crippen LogP contribution is -2.14. The van der Waals surface area contributed by atoms with Crippen LogP contribution in [0, 0.1) is 0 Å². The standard InChI is InChI=1S/C7H10O5/c1-2-6(10)12-7(11)4-3-5(8)9/h3-4,6,10H,2H2,1H3,(H,8,9)/b4-3-. The predicted octanol–water partition coefficient (Wildman–Crippen LogP) is -0.101. The van der Waals surface area contributed by atoms with Gasteiger partial charge in [-0.3, -0.25) is 0 Å². The van der Waals surface area contributed by atoms with Gasteiger partial charge in [0.05, 0.1) is 0 Å². The van der Waals surface area contributed by atoms with E-state index >= 15 is 0 Å². The van der Waals surface area contributed by atoms with Crippen LogP contribution in [0.3, 0.4) is 0 Å². The SMILES string of the molecule is CCC(O)OC(=O)/C=C\C(=O)O. The van der Waals surface area contributed by atoms with Crippen LogP contribution in [0.25, 0.3) is 0 Å². The number of carboxylic acids is 1. The lowest BCUT2D eigenvalue weighted by Gasteiger charge is -2.06. The van der Waals surface area contributed by atoms with E-state index in [0.29, 0.717) is 6.08 Å². The van der Waals surface area contributed by atoms with Crippen LogP contribution in [0.4, 0.5) is 0 Å². The van der Waals surface area contributed by atoms with E-state index in [1.807, 2.05) is 0 Å². The van der Waals surface area contributed by atoms with Crippen LogP contribution < -0.4 is 0 Å². The molecule has 0 fully saturated rings. The summed E-state index contributed by atoms with van der Waals surface area (Å²) in [4.78, 5) is 20.5. The van der Waals surface area contributed by atoms with Crippen LogP contribution in [0.5, 0.6) is 0 Å². The first-order chi connectivity index (χ1) is 5.56. The number of rotatable bonds is 4. The monoisotopic (exact) mass is 174 g/mol. The Morgan fingerprint density at radius 1 is 1.50 bits per heavy atom. The highest BCUT2D eigenvalue weighted by molar-refractivity contribution is 5.90. The second-order valence-electron chi connectivity index (χ2n) is 1.97. The van der Waals surface area contributed by atoms with Crippen molar-refractivity contribution in [1.82, 2.24) is 0 Å². The van der Waals surface area contributed by atoms with Crippen LogP contribution in [0.1, 0.15) is 13.3 Å². The van der Waals surface area contributed by atoms with Gasteiger partial charge in [0.1, 0.15) is 0 Å². The molecular weight excluding hydrogens is 164 g/mol. The molecule has 0 rings (SSSR count). The molecule has 12 heavy (non-hydrogen) atoms. The Morgan fingerprint density at radius 2 is 2.08 bits per heavy atom. The van der Waals surface area contributed by atoms with Gasteiger partial charge in [0.2, 0.25) is 6.29 Å². The van der Waals surface area contributed by atoms with Crippen molar-refractivity contribution in [2.75, 3.05) is 0 Å². The van der Waals surface area contributed by atoms with Crippen molar-refractivity contribution >= 4 is 11.9 Å². The summed E-state index contributed by atoms with van der Waals surface area (Å²) < 4.78 is 4.32. The number of carboxylic acid groups (broad SMARTS) is 1. The van der Waals surface area contributed by atoms with Gasteiger partial charge in [-0.25, -0.2) is 9.59 Å². The van der Waals surface area contributed by atoms with Crippen LogP contribution in [0.15, 0.2) is 12.2 Å². The van der Waals surface area contributed by atoms with Crippen molar-refractivity contribution in [2.45, 2.75) is 19.6 Å². The highest BCUT2D eigenvalue weighted by Gasteiger charge is 2.04. The minimum atomic E-state index is -1.24. The second-order valence-corrected chi connectivity index (χ2v) is 1.97. The van der Waals surface area contributed by atoms with Gasteiger partial charge >= 0.3 is 11.9 Å². The molecule has 0 heterocycles. The number of esters is 1. The molecule has 0 radical (unpaired) electrons. The summed E-state index contributed by atoms with van der Waals surface area (Å²) in [5.41, 5.74) is 0. The van der Waals surface area contributed by atoms with Gasteiger partial charge in [-0.05, 0) is 0 Å². The first-order valence-electron chi connectivity index (χ1n) is 3.36. The lowest BCUT2D eigenvalue weighted by atomic mass is 10.4. The molecule has 0 aromatic heterocycles. The first-order valence-corrected chi connectivity index (χ1v) is 3.36. The van der Waals surface area contributed by atoms with E-state index in [-0.39, 0.29) is 6.42 Å². The van der Waals surface area contributed by atoms with Crippen molar-refractivity contribution in [3.05, 3.63) is 12.2 Å². The molecule has 0 aliphatic carbocycles. The molecule has 0 aromatic carbocycles. The van der Waals surface area contributed by atoms with Crippen molar-refractivity contribution in [3.8, 4) is 0 Å². The Hall–Kier alpha value is -1.36. The van der Waals surface area contributed by atoms with Crippen molar-refractivity contribution < 1.29 is 24.5 Å². The Balaban J connectivity index is 3.81. The quantitative estimate of drug-likeness (QED) is 0.353. The van der Waals surface area contributed by atoms with E-state index in [2.05, 4.69) is 4.74 Å². The number of carbonyl (C=O) groups excluding carboxylic acids is 1. The Kier molecular flexibility index (Phi) is 4.71. The van der Waals surface area contributed by atoms with E-state index in [9.17, 15) is 9.59 Å². The maximum Gasteiger partial charge on any atom is 0.333 e. The molecule has 5 nitrogen and oxygen atoms in total. The zero-order valence-electron chi connectivity index (χ0n) is 6.56. The maximum absolute atomic E-state index is 10.6. The van der Waals surface area contributed by atoms with Crippen molar-refractivity contribution in [1.29, 1.82) is 0 Å². The molecule has 0 aliphatic rings. The summed E-state index contributed by atoms with van der Waals surface area (Å²) >= 11 is 0. The summed E-state index contributed by atoms with van der Waals surface area (Å²) in [6.07, 6.45) is 0.481. The fraction of sp³-hybridized carbons (Fsp3) is 0.429. The largest absolute Gasteiger partial charge is 0.478 e. The molecule has 0 spiro atoms. The summed E-state index contributed by atoms with van der Waals surface area (Å²) in [7, 11) is 0. The average molecular weight is 174 g/mol. The normalized spacial score (nSPS) is 12.8. The van der Waals surface area contributed by atoms with E-state index in [1.54, 1.807) is 6.92 Å². The van der Waals surface area contributed by atoms with Crippen molar-refractivity contribution in [3.63, 3.8) is 0 Å². The molecule has 0 amide bonds. The molecule has 2 N–H and O–H groups in total. The van der Waals surface area contributed by atoms with Gasteiger partial charge in [-0.15, -0.1) is 0 Å². The number of carbonyl (C=O) groups is 2. The third-order valence-electron chi connectivity index (χ3n) is 0.963. The summed E-state index contributed by atoms with van der Waals surface area (Å²) in [6.45, 7) is 1.62. The highest BCUT2D eigenvalue weighted by atomic mass is 16.6. The number of aliphatic hydroxyl groups excluding tert-OH is 1. The van der Waals surface area contributed by atoms with Crippen LogP contribution >= 0.6 is 0 Å². The van der Waals surface area contributed by atoms with Gasteiger partial charge in [0.15, 0.2) is 0 Å². The van der Waals surface area contributed by atoms with Gasteiger partial charge in [-0.1, -0.05) is 6.92 Å². The van der Waals surface area contributed by atoms with Crippen LogP contribution in [-0.4, -0.2) is 28.4 Å². The van der Waals surface area contributed by atoms with E-state index in [1.165, 1.54) is 0 Å². The molecule has 0 aromatic rings. The maximum atomic E-state index is 10.6. The first kappa shape index (κ1) is 10.6. The predicted molar refractivity (Wildman–Crippen MR) is 39.2 cm³/mol. The molecule has 68 valence electrons.